The molecule has 0 bridgehead atoms. The fraction of sp³-hybridized carbons (Fsp3) is 0.333. The lowest BCUT2D eigenvalue weighted by molar-refractivity contribution is -0.384. The first-order chi connectivity index (χ1) is 16.1. The van der Waals surface area contributed by atoms with Crippen LogP contribution in [0.25, 0.3) is 17.2 Å². The average molecular weight is 440 g/mol. The molecule has 0 spiro atoms. The summed E-state index contributed by atoms with van der Waals surface area (Å²) in [6, 6.07) is 24.9. The number of nitro groups is 1. The summed E-state index contributed by atoms with van der Waals surface area (Å²) < 4.78 is 0. The fourth-order valence-corrected chi connectivity index (χ4v) is 4.79. The molecule has 1 saturated carbocycles. The maximum Gasteiger partial charge on any atom is 0.269 e. The van der Waals surface area contributed by atoms with Gasteiger partial charge in [-0.15, -0.1) is 0 Å². The van der Waals surface area contributed by atoms with E-state index in [0.29, 0.717) is 11.8 Å². The van der Waals surface area contributed by atoms with Crippen LogP contribution >= 0.6 is 0 Å². The Bertz CT molecular complexity index is 1060. The molecule has 3 nitrogen and oxygen atoms in total. The third kappa shape index (κ3) is 6.19. The zero-order valence-electron chi connectivity index (χ0n) is 19.5. The quantitative estimate of drug-likeness (QED) is 0.260. The number of nitrogens with zero attached hydrogens (tertiary/aromatic N) is 1. The van der Waals surface area contributed by atoms with Gasteiger partial charge in [-0.3, -0.25) is 10.1 Å². The van der Waals surface area contributed by atoms with E-state index in [0.717, 1.165) is 19.3 Å². The Morgan fingerprint density at radius 2 is 1.45 bits per heavy atom. The Labute approximate surface area is 197 Å². The van der Waals surface area contributed by atoms with Gasteiger partial charge in [-0.1, -0.05) is 86.2 Å². The van der Waals surface area contributed by atoms with E-state index in [1.165, 1.54) is 53.5 Å². The zero-order chi connectivity index (χ0) is 23.0. The lowest BCUT2D eigenvalue weighted by Crippen LogP contribution is -2.11. The Kier molecular flexibility index (Phi) is 7.72. The maximum atomic E-state index is 10.9. The molecule has 0 unspecified atom stereocenters. The predicted octanol–water partition coefficient (Wildman–Crippen LogP) is 8.59. The van der Waals surface area contributed by atoms with E-state index in [9.17, 15) is 10.1 Å². The molecule has 33 heavy (non-hydrogen) atoms. The molecular formula is C30H33NO2. The summed E-state index contributed by atoms with van der Waals surface area (Å²) in [5, 5.41) is 10.9. The van der Waals surface area contributed by atoms with Crippen LogP contribution in [0.1, 0.15) is 68.1 Å². The van der Waals surface area contributed by atoms with Gasteiger partial charge in [-0.25, -0.2) is 0 Å². The molecule has 0 saturated heterocycles. The van der Waals surface area contributed by atoms with E-state index in [-0.39, 0.29) is 10.6 Å². The molecule has 1 aliphatic rings. The van der Waals surface area contributed by atoms with Crippen molar-refractivity contribution >= 4 is 11.8 Å². The monoisotopic (exact) mass is 439 g/mol. The van der Waals surface area contributed by atoms with Gasteiger partial charge in [0.15, 0.2) is 0 Å². The smallest absolute Gasteiger partial charge is 0.258 e. The molecule has 1 fully saturated rings. The van der Waals surface area contributed by atoms with Gasteiger partial charge in [0.25, 0.3) is 5.69 Å². The summed E-state index contributed by atoms with van der Waals surface area (Å²) in [5.74, 6) is 1.12. The van der Waals surface area contributed by atoms with E-state index in [1.54, 1.807) is 12.1 Å². The Morgan fingerprint density at radius 1 is 0.848 bits per heavy atom. The molecule has 4 rings (SSSR count). The molecule has 1 aliphatic carbocycles. The summed E-state index contributed by atoms with van der Waals surface area (Å²) in [7, 11) is 0. The van der Waals surface area contributed by atoms with Gasteiger partial charge in [-0.05, 0) is 78.2 Å². The van der Waals surface area contributed by atoms with Crippen LogP contribution in [-0.2, 0) is 6.42 Å². The highest BCUT2D eigenvalue weighted by Gasteiger charge is 2.21. The molecule has 0 N–H and O–H groups in total. The first kappa shape index (κ1) is 23.0. The number of benzene rings is 3. The predicted molar refractivity (Wildman–Crippen MR) is 137 cm³/mol. The van der Waals surface area contributed by atoms with Gasteiger partial charge in [0, 0.05) is 12.1 Å². The number of hydrogen-bond acceptors (Lipinski definition) is 2. The molecule has 0 radical (unpaired) electrons. The van der Waals surface area contributed by atoms with Crippen molar-refractivity contribution in [3.63, 3.8) is 0 Å². The van der Waals surface area contributed by atoms with Crippen molar-refractivity contribution in [3.8, 4) is 11.1 Å². The summed E-state index contributed by atoms with van der Waals surface area (Å²) >= 11 is 0. The number of nitro benzene ring substituents is 1. The molecule has 0 heterocycles. The molecule has 3 aromatic rings. The van der Waals surface area contributed by atoms with Crippen LogP contribution in [0, 0.1) is 16.0 Å². The lowest BCUT2D eigenvalue weighted by Gasteiger charge is -2.27. The SMILES string of the molecule is CCCCc1ccc(-c2ccc(C=C[C@H]3CC[C@H](c4ccc([N+](=O)[O-])cc4)CC3)cc2)cc1. The molecule has 0 aromatic heterocycles. The van der Waals surface area contributed by atoms with Crippen LogP contribution in [-0.4, -0.2) is 4.92 Å². The molecular weight excluding hydrogens is 406 g/mol. The first-order valence-corrected chi connectivity index (χ1v) is 12.2. The van der Waals surface area contributed by atoms with Crippen LogP contribution in [0.15, 0.2) is 78.9 Å². The van der Waals surface area contributed by atoms with Crippen LogP contribution < -0.4 is 0 Å². The molecule has 0 amide bonds. The van der Waals surface area contributed by atoms with Gasteiger partial charge >= 0.3 is 0 Å². The highest BCUT2D eigenvalue weighted by Crippen LogP contribution is 2.37. The Hall–Kier alpha value is -3.20. The molecule has 0 aliphatic heterocycles. The molecule has 0 atom stereocenters. The van der Waals surface area contributed by atoms with Gasteiger partial charge in [0.2, 0.25) is 0 Å². The van der Waals surface area contributed by atoms with Crippen molar-refractivity contribution in [1.29, 1.82) is 0 Å². The Morgan fingerprint density at radius 3 is 2.03 bits per heavy atom. The minimum Gasteiger partial charge on any atom is -0.258 e. The van der Waals surface area contributed by atoms with E-state index in [1.807, 2.05) is 12.1 Å². The average Bonchev–Trinajstić information content (AvgIpc) is 2.87. The van der Waals surface area contributed by atoms with Crippen LogP contribution in [0.5, 0.6) is 0 Å². The molecule has 170 valence electrons. The summed E-state index contributed by atoms with van der Waals surface area (Å²) in [6.45, 7) is 2.23. The molecule has 3 aromatic carbocycles. The summed E-state index contributed by atoms with van der Waals surface area (Å²) in [4.78, 5) is 10.5. The Balaban J connectivity index is 1.29. The second-order valence-electron chi connectivity index (χ2n) is 9.24. The number of rotatable bonds is 8. The minimum atomic E-state index is -0.331. The van der Waals surface area contributed by atoms with Crippen LogP contribution in [0.2, 0.25) is 0 Å². The van der Waals surface area contributed by atoms with Gasteiger partial charge in [-0.2, -0.15) is 0 Å². The largest absolute Gasteiger partial charge is 0.269 e. The van der Waals surface area contributed by atoms with E-state index < -0.39 is 0 Å². The molecule has 3 heteroatoms. The van der Waals surface area contributed by atoms with E-state index in [4.69, 9.17) is 0 Å². The second kappa shape index (κ2) is 11.1. The highest BCUT2D eigenvalue weighted by atomic mass is 16.6. The number of aryl methyl sites for hydroxylation is 1. The number of unbranched alkanes of at least 4 members (excludes halogenated alkanes) is 1. The van der Waals surface area contributed by atoms with Gasteiger partial charge in [0.1, 0.15) is 0 Å². The maximum absolute atomic E-state index is 10.9. The number of hydrogen-bond donors (Lipinski definition) is 0. The normalized spacial score (nSPS) is 18.5. The first-order valence-electron chi connectivity index (χ1n) is 12.2. The lowest BCUT2D eigenvalue weighted by atomic mass is 9.78. The third-order valence-corrected chi connectivity index (χ3v) is 6.92. The van der Waals surface area contributed by atoms with Crippen molar-refractivity contribution < 1.29 is 4.92 Å². The van der Waals surface area contributed by atoms with Crippen molar-refractivity contribution in [2.24, 2.45) is 5.92 Å². The third-order valence-electron chi connectivity index (χ3n) is 6.92. The van der Waals surface area contributed by atoms with Crippen LogP contribution in [0.4, 0.5) is 5.69 Å². The highest BCUT2D eigenvalue weighted by molar-refractivity contribution is 5.66. The van der Waals surface area contributed by atoms with Crippen molar-refractivity contribution in [1.82, 2.24) is 0 Å². The van der Waals surface area contributed by atoms with Gasteiger partial charge < -0.3 is 0 Å². The van der Waals surface area contributed by atoms with E-state index >= 15 is 0 Å². The standard InChI is InChI=1S/C30H33NO2/c1-2-3-4-23-7-13-26(14-8-23)27-15-9-24(10-16-27)5-6-25-11-17-28(18-12-25)29-19-21-30(22-20-29)31(32)33/h5-10,13-16,19-22,25,28H,2-4,11-12,17-18H2,1H3/t25-,28-. The summed E-state index contributed by atoms with van der Waals surface area (Å²) in [6.07, 6.45) is 12.9. The number of allylic oxidation sites excluding steroid dienone is 1. The zero-order valence-corrected chi connectivity index (χ0v) is 19.5. The van der Waals surface area contributed by atoms with Gasteiger partial charge in [0.05, 0.1) is 4.92 Å². The van der Waals surface area contributed by atoms with Crippen LogP contribution in [0.3, 0.4) is 0 Å². The topological polar surface area (TPSA) is 43.1 Å². The van der Waals surface area contributed by atoms with E-state index in [2.05, 4.69) is 67.6 Å². The van der Waals surface area contributed by atoms with Crippen molar-refractivity contribution in [2.45, 2.75) is 57.8 Å². The minimum absolute atomic E-state index is 0.172. The fourth-order valence-electron chi connectivity index (χ4n) is 4.79. The second-order valence-corrected chi connectivity index (χ2v) is 9.24. The van der Waals surface area contributed by atoms with Crippen molar-refractivity contribution in [2.75, 3.05) is 0 Å². The number of non-ortho nitro benzene ring substituents is 1. The van der Waals surface area contributed by atoms with Crippen molar-refractivity contribution in [3.05, 3.63) is 106 Å². The summed E-state index contributed by atoms with van der Waals surface area (Å²) in [5.41, 5.74) is 6.61.